The van der Waals surface area contributed by atoms with Gasteiger partial charge in [-0.2, -0.15) is 0 Å². The standard InChI is InChI=1S/C21H23NO3/c1-14(2)17-7-4-16(5-8-17)6-11-21(23)22-15(3)18-9-10-19-20(12-18)25-13-24-19/h4-12,14-15H,13H2,1-3H3,(H,22,23). The van der Waals surface area contributed by atoms with Crippen LogP contribution in [-0.2, 0) is 4.79 Å². The van der Waals surface area contributed by atoms with Gasteiger partial charge in [0.25, 0.3) is 0 Å². The van der Waals surface area contributed by atoms with Crippen LogP contribution >= 0.6 is 0 Å². The van der Waals surface area contributed by atoms with Crippen LogP contribution in [0.5, 0.6) is 11.5 Å². The van der Waals surface area contributed by atoms with Crippen molar-refractivity contribution >= 4 is 12.0 Å². The molecule has 0 radical (unpaired) electrons. The zero-order chi connectivity index (χ0) is 17.8. The molecule has 0 fully saturated rings. The van der Waals surface area contributed by atoms with Gasteiger partial charge in [0, 0.05) is 6.08 Å². The van der Waals surface area contributed by atoms with Crippen molar-refractivity contribution in [3.63, 3.8) is 0 Å². The molecule has 4 heteroatoms. The lowest BCUT2D eigenvalue weighted by Crippen LogP contribution is -2.24. The third-order valence-electron chi connectivity index (χ3n) is 4.29. The molecule has 25 heavy (non-hydrogen) atoms. The van der Waals surface area contributed by atoms with E-state index in [1.165, 1.54) is 5.56 Å². The van der Waals surface area contributed by atoms with Crippen molar-refractivity contribution in [3.05, 3.63) is 65.2 Å². The van der Waals surface area contributed by atoms with E-state index in [2.05, 4.69) is 31.3 Å². The maximum absolute atomic E-state index is 12.2. The maximum atomic E-state index is 12.2. The van der Waals surface area contributed by atoms with Gasteiger partial charge in [-0.15, -0.1) is 0 Å². The number of hydrogen-bond donors (Lipinski definition) is 1. The fraction of sp³-hybridized carbons (Fsp3) is 0.286. The Kier molecular flexibility index (Phi) is 5.08. The van der Waals surface area contributed by atoms with Gasteiger partial charge in [-0.3, -0.25) is 4.79 Å². The predicted octanol–water partition coefficient (Wildman–Crippen LogP) is 4.43. The van der Waals surface area contributed by atoms with Crippen LogP contribution in [0.1, 0.15) is 49.4 Å². The molecule has 1 amide bonds. The number of benzene rings is 2. The normalized spacial score (nSPS) is 14.1. The largest absolute Gasteiger partial charge is 0.454 e. The predicted molar refractivity (Wildman–Crippen MR) is 98.7 cm³/mol. The third-order valence-corrected chi connectivity index (χ3v) is 4.29. The lowest BCUT2D eigenvalue weighted by Gasteiger charge is -2.13. The molecule has 0 spiro atoms. The Morgan fingerprint density at radius 3 is 2.40 bits per heavy atom. The van der Waals surface area contributed by atoms with E-state index in [1.54, 1.807) is 6.08 Å². The number of rotatable bonds is 5. The highest BCUT2D eigenvalue weighted by molar-refractivity contribution is 5.92. The minimum Gasteiger partial charge on any atom is -0.454 e. The molecule has 3 rings (SSSR count). The zero-order valence-electron chi connectivity index (χ0n) is 14.8. The van der Waals surface area contributed by atoms with Crippen molar-refractivity contribution in [1.82, 2.24) is 5.32 Å². The van der Waals surface area contributed by atoms with Crippen LogP contribution in [0, 0.1) is 0 Å². The summed E-state index contributed by atoms with van der Waals surface area (Å²) in [4.78, 5) is 12.2. The van der Waals surface area contributed by atoms with Crippen LogP contribution in [0.25, 0.3) is 6.08 Å². The fourth-order valence-electron chi connectivity index (χ4n) is 2.69. The van der Waals surface area contributed by atoms with Gasteiger partial charge in [-0.1, -0.05) is 44.2 Å². The molecule has 130 valence electrons. The van der Waals surface area contributed by atoms with Crippen LogP contribution in [0.2, 0.25) is 0 Å². The van der Waals surface area contributed by atoms with E-state index < -0.39 is 0 Å². The minimum atomic E-state index is -0.127. The quantitative estimate of drug-likeness (QED) is 0.821. The fourth-order valence-corrected chi connectivity index (χ4v) is 2.69. The number of hydrogen-bond acceptors (Lipinski definition) is 3. The van der Waals surface area contributed by atoms with Crippen LogP contribution in [0.15, 0.2) is 48.5 Å². The average molecular weight is 337 g/mol. The summed E-state index contributed by atoms with van der Waals surface area (Å²) in [5.74, 6) is 1.84. The summed E-state index contributed by atoms with van der Waals surface area (Å²) in [6, 6.07) is 13.8. The molecule has 1 heterocycles. The second-order valence-electron chi connectivity index (χ2n) is 6.50. The Hall–Kier alpha value is -2.75. The summed E-state index contributed by atoms with van der Waals surface area (Å²) in [6.45, 7) is 6.52. The SMILES string of the molecule is CC(C)c1ccc(C=CC(=O)NC(C)c2ccc3c(c2)OCO3)cc1. The average Bonchev–Trinajstić information content (AvgIpc) is 3.08. The van der Waals surface area contributed by atoms with Gasteiger partial charge in [-0.05, 0) is 47.7 Å². The number of nitrogens with one attached hydrogen (secondary N) is 1. The first-order valence-electron chi connectivity index (χ1n) is 8.51. The Labute approximate surface area is 148 Å². The summed E-state index contributed by atoms with van der Waals surface area (Å²) in [7, 11) is 0. The van der Waals surface area contributed by atoms with Crippen LogP contribution in [-0.4, -0.2) is 12.7 Å². The van der Waals surface area contributed by atoms with Crippen molar-refractivity contribution < 1.29 is 14.3 Å². The molecule has 1 unspecified atom stereocenters. The molecule has 1 N–H and O–H groups in total. The summed E-state index contributed by atoms with van der Waals surface area (Å²) in [5, 5.41) is 2.97. The molecule has 0 saturated carbocycles. The first-order chi connectivity index (χ1) is 12.0. The van der Waals surface area contributed by atoms with Gasteiger partial charge in [-0.25, -0.2) is 0 Å². The molecule has 4 nitrogen and oxygen atoms in total. The van der Waals surface area contributed by atoms with Gasteiger partial charge in [0.1, 0.15) is 0 Å². The van der Waals surface area contributed by atoms with E-state index in [0.29, 0.717) is 5.92 Å². The van der Waals surface area contributed by atoms with Crippen molar-refractivity contribution in [2.75, 3.05) is 6.79 Å². The number of amides is 1. The Balaban J connectivity index is 1.59. The molecule has 1 atom stereocenters. The number of fused-ring (bicyclic) bond motifs is 1. The van der Waals surface area contributed by atoms with Gasteiger partial charge in [0.15, 0.2) is 11.5 Å². The Morgan fingerprint density at radius 1 is 1.00 bits per heavy atom. The summed E-state index contributed by atoms with van der Waals surface area (Å²) in [6.07, 6.45) is 3.39. The maximum Gasteiger partial charge on any atom is 0.244 e. The molecular formula is C21H23NO3. The first-order valence-corrected chi connectivity index (χ1v) is 8.51. The van der Waals surface area contributed by atoms with Crippen molar-refractivity contribution in [2.24, 2.45) is 0 Å². The van der Waals surface area contributed by atoms with E-state index in [0.717, 1.165) is 22.6 Å². The Bertz CT molecular complexity index is 778. The van der Waals surface area contributed by atoms with Gasteiger partial charge < -0.3 is 14.8 Å². The Morgan fingerprint density at radius 2 is 1.68 bits per heavy atom. The summed E-state index contributed by atoms with van der Waals surface area (Å²) in [5.41, 5.74) is 3.28. The van der Waals surface area contributed by atoms with Crippen molar-refractivity contribution in [1.29, 1.82) is 0 Å². The molecule has 2 aromatic rings. The molecule has 1 aliphatic heterocycles. The van der Waals surface area contributed by atoms with Gasteiger partial charge in [0.2, 0.25) is 12.7 Å². The first kappa shape index (κ1) is 17.1. The van der Waals surface area contributed by atoms with E-state index in [9.17, 15) is 4.79 Å². The summed E-state index contributed by atoms with van der Waals surface area (Å²) >= 11 is 0. The molecule has 0 bridgehead atoms. The molecule has 0 aromatic heterocycles. The van der Waals surface area contributed by atoms with Crippen LogP contribution < -0.4 is 14.8 Å². The second kappa shape index (κ2) is 7.43. The van der Waals surface area contributed by atoms with E-state index in [4.69, 9.17) is 9.47 Å². The lowest BCUT2D eigenvalue weighted by atomic mass is 10.0. The highest BCUT2D eigenvalue weighted by atomic mass is 16.7. The molecular weight excluding hydrogens is 314 g/mol. The van der Waals surface area contributed by atoms with E-state index >= 15 is 0 Å². The highest BCUT2D eigenvalue weighted by Crippen LogP contribution is 2.34. The van der Waals surface area contributed by atoms with Crippen molar-refractivity contribution in [2.45, 2.75) is 32.7 Å². The second-order valence-corrected chi connectivity index (χ2v) is 6.50. The van der Waals surface area contributed by atoms with Gasteiger partial charge >= 0.3 is 0 Å². The highest BCUT2D eigenvalue weighted by Gasteiger charge is 2.16. The van der Waals surface area contributed by atoms with E-state index in [-0.39, 0.29) is 18.7 Å². The zero-order valence-corrected chi connectivity index (χ0v) is 14.8. The number of carbonyl (C=O) groups is 1. The number of carbonyl (C=O) groups excluding carboxylic acids is 1. The molecule has 0 saturated heterocycles. The van der Waals surface area contributed by atoms with Gasteiger partial charge in [0.05, 0.1) is 6.04 Å². The smallest absolute Gasteiger partial charge is 0.244 e. The number of ether oxygens (including phenoxy) is 2. The summed E-state index contributed by atoms with van der Waals surface area (Å²) < 4.78 is 10.7. The third kappa shape index (κ3) is 4.21. The minimum absolute atomic E-state index is 0.116. The molecule has 0 aliphatic carbocycles. The molecule has 1 aliphatic rings. The lowest BCUT2D eigenvalue weighted by molar-refractivity contribution is -0.117. The topological polar surface area (TPSA) is 47.6 Å². The van der Waals surface area contributed by atoms with E-state index in [1.807, 2.05) is 43.3 Å². The molecule has 2 aromatic carbocycles. The van der Waals surface area contributed by atoms with Crippen LogP contribution in [0.3, 0.4) is 0 Å². The van der Waals surface area contributed by atoms with Crippen LogP contribution in [0.4, 0.5) is 0 Å². The monoisotopic (exact) mass is 337 g/mol. The van der Waals surface area contributed by atoms with Crippen molar-refractivity contribution in [3.8, 4) is 11.5 Å².